The highest BCUT2D eigenvalue weighted by molar-refractivity contribution is 7.46. The Hall–Kier alpha value is 0.207. The Bertz CT molecular complexity index is 239. The van der Waals surface area contributed by atoms with Gasteiger partial charge >= 0.3 is 16.6 Å². The molecule has 0 aromatic heterocycles. The van der Waals surface area contributed by atoms with Crippen LogP contribution in [0, 0.1) is 0 Å². The van der Waals surface area contributed by atoms with Crippen LogP contribution in [0.5, 0.6) is 0 Å². The third-order valence-corrected chi connectivity index (χ3v) is 5.81. The molecule has 17 heavy (non-hydrogen) atoms. The van der Waals surface area contributed by atoms with Gasteiger partial charge in [-0.1, -0.05) is 0 Å². The van der Waals surface area contributed by atoms with Gasteiger partial charge in [-0.2, -0.15) is 0 Å². The van der Waals surface area contributed by atoms with Crippen molar-refractivity contribution < 1.29 is 32.2 Å². The third kappa shape index (κ3) is 6.07. The molecule has 0 fully saturated rings. The predicted octanol–water partition coefficient (Wildman–Crippen LogP) is 1.07. The van der Waals surface area contributed by atoms with Crippen LogP contribution in [0.15, 0.2) is 0 Å². The summed E-state index contributed by atoms with van der Waals surface area (Å²) in [6.07, 6.45) is 0. The SMILES string of the molecule is CCO[Si](OCC)(OCC)C(C)OP(=O)(O)O. The first-order chi connectivity index (χ1) is 7.81. The van der Waals surface area contributed by atoms with E-state index in [1.54, 1.807) is 20.8 Å². The van der Waals surface area contributed by atoms with Gasteiger partial charge in [-0.25, -0.2) is 4.57 Å². The number of phosphoric ester groups is 1. The molecule has 0 rings (SSSR count). The van der Waals surface area contributed by atoms with E-state index < -0.39 is 22.4 Å². The van der Waals surface area contributed by atoms with Gasteiger partial charge in [0.15, 0.2) is 0 Å². The quantitative estimate of drug-likeness (QED) is 0.484. The van der Waals surface area contributed by atoms with Crippen molar-refractivity contribution in [3.8, 4) is 0 Å². The fraction of sp³-hybridized carbons (Fsp3) is 1.00. The van der Waals surface area contributed by atoms with Gasteiger partial charge in [0, 0.05) is 19.8 Å². The fourth-order valence-corrected chi connectivity index (χ4v) is 4.85. The monoisotopic (exact) mass is 288 g/mol. The van der Waals surface area contributed by atoms with Gasteiger partial charge in [0.2, 0.25) is 0 Å². The molecule has 0 aliphatic carbocycles. The Morgan fingerprint density at radius 3 is 1.65 bits per heavy atom. The van der Waals surface area contributed by atoms with Crippen LogP contribution in [0.2, 0.25) is 0 Å². The van der Waals surface area contributed by atoms with Crippen molar-refractivity contribution in [2.45, 2.75) is 33.4 Å². The van der Waals surface area contributed by atoms with Crippen LogP contribution in [0.25, 0.3) is 0 Å². The lowest BCUT2D eigenvalue weighted by molar-refractivity contribution is 0.0253. The topological polar surface area (TPSA) is 94.5 Å². The van der Waals surface area contributed by atoms with Crippen molar-refractivity contribution in [2.75, 3.05) is 19.8 Å². The average molecular weight is 288 g/mol. The van der Waals surface area contributed by atoms with Gasteiger partial charge in [0.25, 0.3) is 0 Å². The molecular weight excluding hydrogens is 267 g/mol. The summed E-state index contributed by atoms with van der Waals surface area (Å²) >= 11 is 0. The van der Waals surface area contributed by atoms with Crippen LogP contribution in [0.1, 0.15) is 27.7 Å². The van der Waals surface area contributed by atoms with Crippen LogP contribution in [0.4, 0.5) is 0 Å². The lowest BCUT2D eigenvalue weighted by Gasteiger charge is -2.32. The zero-order chi connectivity index (χ0) is 13.5. The van der Waals surface area contributed by atoms with E-state index in [1.807, 2.05) is 0 Å². The Morgan fingerprint density at radius 2 is 1.41 bits per heavy atom. The van der Waals surface area contributed by atoms with Crippen molar-refractivity contribution in [2.24, 2.45) is 0 Å². The maximum Gasteiger partial charge on any atom is 0.531 e. The van der Waals surface area contributed by atoms with E-state index in [4.69, 9.17) is 23.1 Å². The molecule has 0 aliphatic rings. The maximum absolute atomic E-state index is 10.8. The molecule has 104 valence electrons. The summed E-state index contributed by atoms with van der Waals surface area (Å²) in [6, 6.07) is 0. The predicted molar refractivity (Wildman–Crippen MR) is 63.2 cm³/mol. The number of phosphoric acid groups is 1. The third-order valence-electron chi connectivity index (χ3n) is 1.83. The minimum Gasteiger partial charge on any atom is -0.372 e. The van der Waals surface area contributed by atoms with Crippen molar-refractivity contribution in [3.05, 3.63) is 0 Å². The summed E-state index contributed by atoms with van der Waals surface area (Å²) in [5.41, 5.74) is -0.928. The molecule has 0 bridgehead atoms. The number of hydrogen-bond acceptors (Lipinski definition) is 5. The summed E-state index contributed by atoms with van der Waals surface area (Å²) in [7, 11) is -7.82. The summed E-state index contributed by atoms with van der Waals surface area (Å²) in [6.45, 7) is 7.70. The number of rotatable bonds is 9. The summed E-state index contributed by atoms with van der Waals surface area (Å²) < 4.78 is 31.8. The van der Waals surface area contributed by atoms with E-state index in [-0.39, 0.29) is 0 Å². The molecule has 2 N–H and O–H groups in total. The lowest BCUT2D eigenvalue weighted by atomic mass is 10.9. The van der Waals surface area contributed by atoms with Crippen molar-refractivity contribution in [3.63, 3.8) is 0 Å². The maximum atomic E-state index is 10.8. The van der Waals surface area contributed by atoms with Gasteiger partial charge in [-0.15, -0.1) is 0 Å². The van der Waals surface area contributed by atoms with Gasteiger partial charge in [-0.3, -0.25) is 4.52 Å². The van der Waals surface area contributed by atoms with E-state index in [0.29, 0.717) is 19.8 Å². The lowest BCUT2D eigenvalue weighted by Crippen LogP contribution is -2.56. The second kappa shape index (κ2) is 7.60. The van der Waals surface area contributed by atoms with Crippen LogP contribution < -0.4 is 0 Å². The largest absolute Gasteiger partial charge is 0.531 e. The molecule has 0 amide bonds. The van der Waals surface area contributed by atoms with Crippen LogP contribution in [-0.2, 0) is 22.4 Å². The zero-order valence-electron chi connectivity index (χ0n) is 10.6. The standard InChI is InChI=1S/C8H21O7PSi/c1-5-12-17(13-6-2,14-7-3)8(4)15-16(9,10)11/h8H,5-7H2,1-4H3,(H2,9,10,11). The van der Waals surface area contributed by atoms with E-state index in [0.717, 1.165) is 0 Å². The average Bonchev–Trinajstić information content (AvgIpc) is 2.16. The first kappa shape index (κ1) is 17.2. The van der Waals surface area contributed by atoms with Gasteiger partial charge in [0.05, 0.1) is 0 Å². The highest BCUT2D eigenvalue weighted by Crippen LogP contribution is 2.39. The Balaban J connectivity index is 4.90. The molecule has 9 heteroatoms. The molecule has 7 nitrogen and oxygen atoms in total. The van der Waals surface area contributed by atoms with E-state index in [9.17, 15) is 4.57 Å². The minimum atomic E-state index is -4.59. The summed E-state index contributed by atoms with van der Waals surface area (Å²) in [5.74, 6) is 0. The Kier molecular flexibility index (Phi) is 7.69. The van der Waals surface area contributed by atoms with Crippen LogP contribution >= 0.6 is 7.82 Å². The molecule has 1 unspecified atom stereocenters. The Morgan fingerprint density at radius 1 is 1.06 bits per heavy atom. The molecule has 0 aromatic carbocycles. The minimum absolute atomic E-state index is 0.321. The molecule has 0 saturated carbocycles. The van der Waals surface area contributed by atoms with E-state index in [2.05, 4.69) is 4.52 Å². The second-order valence-corrected chi connectivity index (χ2v) is 7.22. The molecule has 0 aromatic rings. The van der Waals surface area contributed by atoms with Crippen molar-refractivity contribution in [1.29, 1.82) is 0 Å². The zero-order valence-corrected chi connectivity index (χ0v) is 12.5. The Labute approximate surface area is 103 Å². The molecule has 0 spiro atoms. The van der Waals surface area contributed by atoms with Crippen molar-refractivity contribution in [1.82, 2.24) is 0 Å². The summed E-state index contributed by atoms with van der Waals surface area (Å²) in [4.78, 5) is 17.6. The molecule has 0 radical (unpaired) electrons. The van der Waals surface area contributed by atoms with Gasteiger partial charge < -0.3 is 23.1 Å². The van der Waals surface area contributed by atoms with Gasteiger partial charge in [0.1, 0.15) is 5.73 Å². The number of hydrogen-bond donors (Lipinski definition) is 2. The summed E-state index contributed by atoms with van der Waals surface area (Å²) in [5, 5.41) is 0. The fourth-order valence-electron chi connectivity index (χ4n) is 1.35. The van der Waals surface area contributed by atoms with E-state index >= 15 is 0 Å². The highest BCUT2D eigenvalue weighted by Gasteiger charge is 2.50. The van der Waals surface area contributed by atoms with E-state index in [1.165, 1.54) is 6.92 Å². The molecule has 0 aliphatic heterocycles. The van der Waals surface area contributed by atoms with Crippen LogP contribution in [-0.4, -0.2) is 44.1 Å². The second-order valence-electron chi connectivity index (χ2n) is 3.14. The van der Waals surface area contributed by atoms with Crippen LogP contribution in [0.3, 0.4) is 0 Å². The first-order valence-electron chi connectivity index (χ1n) is 5.47. The molecular formula is C8H21O7PSi. The van der Waals surface area contributed by atoms with Gasteiger partial charge in [-0.05, 0) is 27.7 Å². The smallest absolute Gasteiger partial charge is 0.372 e. The highest BCUT2D eigenvalue weighted by atomic mass is 31.2. The van der Waals surface area contributed by atoms with Crippen molar-refractivity contribution >= 4 is 16.6 Å². The first-order valence-corrected chi connectivity index (χ1v) is 8.80. The molecule has 0 heterocycles. The molecule has 1 atom stereocenters. The molecule has 0 saturated heterocycles. The normalized spacial score (nSPS) is 14.9.